The summed E-state index contributed by atoms with van der Waals surface area (Å²) in [7, 11) is 0. The number of para-hydroxylation sites is 1. The van der Waals surface area contributed by atoms with E-state index in [4.69, 9.17) is 4.74 Å². The number of ether oxygens (including phenoxy) is 1. The van der Waals surface area contributed by atoms with Gasteiger partial charge in [-0.3, -0.25) is 0 Å². The summed E-state index contributed by atoms with van der Waals surface area (Å²) in [6.45, 7) is 11.3. The van der Waals surface area contributed by atoms with Crippen LogP contribution >= 0.6 is 15.9 Å². The molecule has 0 aliphatic rings. The van der Waals surface area contributed by atoms with Crippen LogP contribution in [0.4, 0.5) is 0 Å². The van der Waals surface area contributed by atoms with E-state index in [0.717, 1.165) is 24.1 Å². The van der Waals surface area contributed by atoms with Gasteiger partial charge in [0.25, 0.3) is 0 Å². The SMILES string of the molecule is C=CCc1ccccc1OCC(CBr)C(C)(C)C. The van der Waals surface area contributed by atoms with E-state index in [1.165, 1.54) is 5.56 Å². The topological polar surface area (TPSA) is 9.23 Å². The summed E-state index contributed by atoms with van der Waals surface area (Å²) in [5.74, 6) is 1.47. The average Bonchev–Trinajstić information content (AvgIpc) is 2.30. The predicted octanol–water partition coefficient (Wildman–Crippen LogP) is 4.85. The minimum atomic E-state index is 0.247. The van der Waals surface area contributed by atoms with E-state index in [2.05, 4.69) is 49.3 Å². The molecule has 0 spiro atoms. The highest BCUT2D eigenvalue weighted by molar-refractivity contribution is 9.09. The maximum absolute atomic E-state index is 5.99. The standard InChI is InChI=1S/C16H23BrO/c1-5-8-13-9-6-7-10-15(13)18-12-14(11-17)16(2,3)4/h5-7,9-10,14H,1,8,11-12H2,2-4H3. The Morgan fingerprint density at radius 2 is 2.00 bits per heavy atom. The number of hydrogen-bond acceptors (Lipinski definition) is 1. The molecule has 0 bridgehead atoms. The normalized spacial score (nSPS) is 13.1. The van der Waals surface area contributed by atoms with Crippen molar-refractivity contribution in [3.8, 4) is 5.75 Å². The van der Waals surface area contributed by atoms with Crippen LogP contribution in [-0.2, 0) is 6.42 Å². The summed E-state index contributed by atoms with van der Waals surface area (Å²) >= 11 is 3.58. The molecular weight excluding hydrogens is 288 g/mol. The molecule has 1 aromatic rings. The molecule has 0 fully saturated rings. The van der Waals surface area contributed by atoms with Gasteiger partial charge >= 0.3 is 0 Å². The van der Waals surface area contributed by atoms with Crippen LogP contribution in [0.25, 0.3) is 0 Å². The van der Waals surface area contributed by atoms with Crippen LogP contribution < -0.4 is 4.74 Å². The van der Waals surface area contributed by atoms with E-state index in [-0.39, 0.29) is 5.41 Å². The first-order valence-electron chi connectivity index (χ1n) is 6.36. The van der Waals surface area contributed by atoms with Crippen LogP contribution in [0.5, 0.6) is 5.75 Å². The van der Waals surface area contributed by atoms with Crippen molar-refractivity contribution in [2.75, 3.05) is 11.9 Å². The van der Waals surface area contributed by atoms with E-state index < -0.39 is 0 Å². The Kier molecular flexibility index (Phi) is 5.94. The van der Waals surface area contributed by atoms with Gasteiger partial charge < -0.3 is 4.74 Å². The van der Waals surface area contributed by atoms with Gasteiger partial charge in [0.05, 0.1) is 6.61 Å². The van der Waals surface area contributed by atoms with Crippen LogP contribution in [0.3, 0.4) is 0 Å². The summed E-state index contributed by atoms with van der Waals surface area (Å²) in [5, 5.41) is 0.958. The third kappa shape index (κ3) is 4.49. The fourth-order valence-corrected chi connectivity index (χ4v) is 2.84. The first-order valence-corrected chi connectivity index (χ1v) is 7.48. The van der Waals surface area contributed by atoms with Crippen molar-refractivity contribution in [1.82, 2.24) is 0 Å². The highest BCUT2D eigenvalue weighted by Gasteiger charge is 2.24. The van der Waals surface area contributed by atoms with Crippen molar-refractivity contribution in [3.05, 3.63) is 42.5 Å². The van der Waals surface area contributed by atoms with Crippen molar-refractivity contribution in [2.24, 2.45) is 11.3 Å². The van der Waals surface area contributed by atoms with Gasteiger partial charge in [-0.25, -0.2) is 0 Å². The molecular formula is C16H23BrO. The molecule has 1 rings (SSSR count). The first-order chi connectivity index (χ1) is 8.49. The largest absolute Gasteiger partial charge is 0.493 e. The minimum Gasteiger partial charge on any atom is -0.493 e. The van der Waals surface area contributed by atoms with Gasteiger partial charge in [-0.05, 0) is 23.5 Å². The van der Waals surface area contributed by atoms with E-state index in [0.29, 0.717) is 5.92 Å². The predicted molar refractivity (Wildman–Crippen MR) is 82.6 cm³/mol. The Balaban J connectivity index is 2.70. The number of allylic oxidation sites excluding steroid dienone is 1. The zero-order chi connectivity index (χ0) is 13.6. The molecule has 1 aromatic carbocycles. The first kappa shape index (κ1) is 15.3. The van der Waals surface area contributed by atoms with E-state index >= 15 is 0 Å². The van der Waals surface area contributed by atoms with Crippen LogP contribution in [0.15, 0.2) is 36.9 Å². The van der Waals surface area contributed by atoms with E-state index in [1.54, 1.807) is 0 Å². The highest BCUT2D eigenvalue weighted by atomic mass is 79.9. The average molecular weight is 311 g/mol. The summed E-state index contributed by atoms with van der Waals surface area (Å²) in [4.78, 5) is 0. The zero-order valence-electron chi connectivity index (χ0n) is 11.6. The van der Waals surface area contributed by atoms with Crippen molar-refractivity contribution < 1.29 is 4.74 Å². The molecule has 0 radical (unpaired) electrons. The van der Waals surface area contributed by atoms with Crippen molar-refractivity contribution in [3.63, 3.8) is 0 Å². The van der Waals surface area contributed by atoms with Gasteiger partial charge in [0.15, 0.2) is 0 Å². The summed E-state index contributed by atoms with van der Waals surface area (Å²) in [6.07, 6.45) is 2.76. The Hall–Kier alpha value is -0.760. The minimum absolute atomic E-state index is 0.247. The van der Waals surface area contributed by atoms with Gasteiger partial charge in [0.1, 0.15) is 5.75 Å². The molecule has 0 saturated heterocycles. The lowest BCUT2D eigenvalue weighted by Crippen LogP contribution is -2.28. The smallest absolute Gasteiger partial charge is 0.122 e. The van der Waals surface area contributed by atoms with Gasteiger partial charge in [-0.2, -0.15) is 0 Å². The quantitative estimate of drug-likeness (QED) is 0.539. The molecule has 1 atom stereocenters. The number of rotatable bonds is 6. The van der Waals surface area contributed by atoms with Crippen molar-refractivity contribution in [1.29, 1.82) is 0 Å². The van der Waals surface area contributed by atoms with Crippen LogP contribution in [-0.4, -0.2) is 11.9 Å². The van der Waals surface area contributed by atoms with Gasteiger partial charge in [-0.1, -0.05) is 61.0 Å². The molecule has 0 N–H and O–H groups in total. The fourth-order valence-electron chi connectivity index (χ4n) is 1.69. The summed E-state index contributed by atoms with van der Waals surface area (Å²) in [6, 6.07) is 8.18. The highest BCUT2D eigenvalue weighted by Crippen LogP contribution is 2.29. The number of alkyl halides is 1. The summed E-state index contributed by atoms with van der Waals surface area (Å²) < 4.78 is 5.99. The van der Waals surface area contributed by atoms with E-state index in [9.17, 15) is 0 Å². The van der Waals surface area contributed by atoms with Gasteiger partial charge in [0.2, 0.25) is 0 Å². The third-order valence-electron chi connectivity index (χ3n) is 3.19. The lowest BCUT2D eigenvalue weighted by Gasteiger charge is -2.29. The molecule has 0 saturated carbocycles. The molecule has 0 aliphatic heterocycles. The second kappa shape index (κ2) is 6.98. The maximum atomic E-state index is 5.99. The molecule has 0 heterocycles. The van der Waals surface area contributed by atoms with Crippen LogP contribution in [0.1, 0.15) is 26.3 Å². The number of hydrogen-bond donors (Lipinski definition) is 0. The molecule has 0 aliphatic carbocycles. The van der Waals surface area contributed by atoms with Crippen molar-refractivity contribution >= 4 is 15.9 Å². The Morgan fingerprint density at radius 3 is 2.56 bits per heavy atom. The van der Waals surface area contributed by atoms with Gasteiger partial charge in [0, 0.05) is 11.2 Å². The van der Waals surface area contributed by atoms with Crippen LogP contribution in [0.2, 0.25) is 0 Å². The molecule has 2 heteroatoms. The molecule has 0 aromatic heterocycles. The lowest BCUT2D eigenvalue weighted by atomic mass is 9.83. The Labute approximate surface area is 119 Å². The molecule has 100 valence electrons. The number of halogens is 1. The van der Waals surface area contributed by atoms with E-state index in [1.807, 2.05) is 24.3 Å². The zero-order valence-corrected chi connectivity index (χ0v) is 13.2. The maximum Gasteiger partial charge on any atom is 0.122 e. The fraction of sp³-hybridized carbons (Fsp3) is 0.500. The van der Waals surface area contributed by atoms with Crippen molar-refractivity contribution in [2.45, 2.75) is 27.2 Å². The second-order valence-corrected chi connectivity index (χ2v) is 6.28. The lowest BCUT2D eigenvalue weighted by molar-refractivity contribution is 0.165. The molecule has 18 heavy (non-hydrogen) atoms. The molecule has 1 unspecified atom stereocenters. The second-order valence-electron chi connectivity index (χ2n) is 5.63. The summed E-state index contributed by atoms with van der Waals surface area (Å²) in [5.41, 5.74) is 1.45. The molecule has 1 nitrogen and oxygen atoms in total. The third-order valence-corrected chi connectivity index (χ3v) is 3.97. The monoisotopic (exact) mass is 310 g/mol. The Morgan fingerprint density at radius 1 is 1.33 bits per heavy atom. The number of benzene rings is 1. The van der Waals surface area contributed by atoms with Gasteiger partial charge in [-0.15, -0.1) is 6.58 Å². The molecule has 0 amide bonds. The van der Waals surface area contributed by atoms with Crippen LogP contribution in [0, 0.1) is 11.3 Å². The Bertz CT molecular complexity index is 379.